The molecule has 7 nitrogen and oxygen atoms in total. The van der Waals surface area contributed by atoms with Crippen molar-refractivity contribution in [3.05, 3.63) is 28.2 Å². The fourth-order valence-electron chi connectivity index (χ4n) is 2.92. The minimum absolute atomic E-state index is 0.105. The van der Waals surface area contributed by atoms with Crippen LogP contribution in [-0.2, 0) is 4.79 Å². The highest BCUT2D eigenvalue weighted by Gasteiger charge is 2.35. The summed E-state index contributed by atoms with van der Waals surface area (Å²) in [7, 11) is 0. The molecule has 3 heterocycles. The predicted octanol–water partition coefficient (Wildman–Crippen LogP) is -0.489. The second kappa shape index (κ2) is 5.07. The van der Waals surface area contributed by atoms with E-state index in [9.17, 15) is 14.4 Å². The Kier molecular flexibility index (Phi) is 3.25. The van der Waals surface area contributed by atoms with Gasteiger partial charge in [-0.1, -0.05) is 0 Å². The smallest absolute Gasteiger partial charge is 0.274 e. The third kappa shape index (κ3) is 2.43. The van der Waals surface area contributed by atoms with Gasteiger partial charge in [0, 0.05) is 31.6 Å². The molecule has 2 amide bonds. The lowest BCUT2D eigenvalue weighted by Gasteiger charge is -2.41. The molecule has 2 N–H and O–H groups in total. The molecule has 2 unspecified atom stereocenters. The molecule has 20 heavy (non-hydrogen) atoms. The summed E-state index contributed by atoms with van der Waals surface area (Å²) in [5.74, 6) is 0.248. The van der Waals surface area contributed by atoms with E-state index in [2.05, 4.69) is 15.5 Å². The van der Waals surface area contributed by atoms with Gasteiger partial charge in [0.05, 0.1) is 0 Å². The molecule has 0 aromatic carbocycles. The quantitative estimate of drug-likeness (QED) is 0.723. The van der Waals surface area contributed by atoms with Crippen LogP contribution in [0.4, 0.5) is 0 Å². The molecule has 7 heteroatoms. The van der Waals surface area contributed by atoms with Gasteiger partial charge < -0.3 is 10.2 Å². The standard InChI is InChI=1S/C13H16N4O3/c18-11-3-1-8-7-17(6-5-9(8)14-11)13(20)10-2-4-12(19)16-15-10/h2,4,8-9H,1,3,5-7H2,(H,14,18)(H,16,19). The molecule has 0 spiro atoms. The lowest BCUT2D eigenvalue weighted by molar-refractivity contribution is -0.125. The second-order valence-corrected chi connectivity index (χ2v) is 5.32. The van der Waals surface area contributed by atoms with Gasteiger partial charge in [-0.3, -0.25) is 14.4 Å². The molecule has 2 saturated heterocycles. The zero-order valence-corrected chi connectivity index (χ0v) is 11.0. The van der Waals surface area contributed by atoms with Crippen molar-refractivity contribution in [2.45, 2.75) is 25.3 Å². The number of rotatable bonds is 1. The number of carbonyl (C=O) groups excluding carboxylic acids is 2. The predicted molar refractivity (Wildman–Crippen MR) is 70.0 cm³/mol. The summed E-state index contributed by atoms with van der Waals surface area (Å²) in [4.78, 5) is 36.4. The van der Waals surface area contributed by atoms with Crippen molar-refractivity contribution >= 4 is 11.8 Å². The highest BCUT2D eigenvalue weighted by molar-refractivity contribution is 5.92. The molecular weight excluding hydrogens is 260 g/mol. The highest BCUT2D eigenvalue weighted by atomic mass is 16.2. The van der Waals surface area contributed by atoms with Crippen LogP contribution in [0, 0.1) is 5.92 Å². The number of nitrogens with zero attached hydrogens (tertiary/aromatic N) is 2. The number of fused-ring (bicyclic) bond motifs is 1. The third-order valence-corrected chi connectivity index (χ3v) is 4.01. The third-order valence-electron chi connectivity index (χ3n) is 4.01. The van der Waals surface area contributed by atoms with Gasteiger partial charge in [0.15, 0.2) is 0 Å². The number of likely N-dealkylation sites (tertiary alicyclic amines) is 1. The van der Waals surface area contributed by atoms with Crippen molar-refractivity contribution < 1.29 is 9.59 Å². The van der Waals surface area contributed by atoms with Crippen LogP contribution in [0.15, 0.2) is 16.9 Å². The van der Waals surface area contributed by atoms with E-state index in [1.54, 1.807) is 4.90 Å². The van der Waals surface area contributed by atoms with Crippen LogP contribution in [0.25, 0.3) is 0 Å². The molecule has 106 valence electrons. The molecule has 2 fully saturated rings. The maximum atomic E-state index is 12.3. The number of hydrogen-bond donors (Lipinski definition) is 2. The Hall–Kier alpha value is -2.18. The van der Waals surface area contributed by atoms with Crippen molar-refractivity contribution in [1.82, 2.24) is 20.4 Å². The van der Waals surface area contributed by atoms with Crippen LogP contribution in [0.5, 0.6) is 0 Å². The Bertz CT molecular complexity index is 577. The lowest BCUT2D eigenvalue weighted by atomic mass is 9.85. The van der Waals surface area contributed by atoms with Gasteiger partial charge in [0.25, 0.3) is 11.5 Å². The number of hydrogen-bond acceptors (Lipinski definition) is 4. The van der Waals surface area contributed by atoms with E-state index in [-0.39, 0.29) is 29.1 Å². The minimum Gasteiger partial charge on any atom is -0.353 e. The van der Waals surface area contributed by atoms with Crippen LogP contribution in [0.3, 0.4) is 0 Å². The number of aromatic nitrogens is 2. The van der Waals surface area contributed by atoms with E-state index in [0.717, 1.165) is 12.8 Å². The highest BCUT2D eigenvalue weighted by Crippen LogP contribution is 2.25. The summed E-state index contributed by atoms with van der Waals surface area (Å²) < 4.78 is 0. The summed E-state index contributed by atoms with van der Waals surface area (Å²) in [6.45, 7) is 1.23. The van der Waals surface area contributed by atoms with E-state index in [0.29, 0.717) is 25.4 Å². The molecule has 0 radical (unpaired) electrons. The normalized spacial score (nSPS) is 25.8. The van der Waals surface area contributed by atoms with Crippen molar-refractivity contribution in [2.75, 3.05) is 13.1 Å². The molecular formula is C13H16N4O3. The summed E-state index contributed by atoms with van der Waals surface area (Å²) in [5.41, 5.74) is -0.0712. The van der Waals surface area contributed by atoms with Gasteiger partial charge in [0.1, 0.15) is 5.69 Å². The molecule has 1 aromatic rings. The van der Waals surface area contributed by atoms with E-state index < -0.39 is 0 Å². The van der Waals surface area contributed by atoms with Gasteiger partial charge in [-0.05, 0) is 24.8 Å². The number of piperidine rings is 2. The van der Waals surface area contributed by atoms with Gasteiger partial charge in [-0.25, -0.2) is 5.10 Å². The molecule has 0 aliphatic carbocycles. The van der Waals surface area contributed by atoms with Gasteiger partial charge in [-0.15, -0.1) is 0 Å². The van der Waals surface area contributed by atoms with Crippen molar-refractivity contribution in [2.24, 2.45) is 5.92 Å². The first kappa shape index (κ1) is 12.8. The van der Waals surface area contributed by atoms with E-state index in [4.69, 9.17) is 0 Å². The van der Waals surface area contributed by atoms with Crippen molar-refractivity contribution in [3.8, 4) is 0 Å². The fourth-order valence-corrected chi connectivity index (χ4v) is 2.92. The van der Waals surface area contributed by atoms with Gasteiger partial charge in [-0.2, -0.15) is 5.10 Å². The Morgan fingerprint density at radius 3 is 2.90 bits per heavy atom. The maximum absolute atomic E-state index is 12.3. The molecule has 2 atom stereocenters. The Balaban J connectivity index is 1.70. The summed E-state index contributed by atoms with van der Waals surface area (Å²) in [6.07, 6.45) is 2.12. The number of amides is 2. The van der Waals surface area contributed by atoms with Crippen LogP contribution >= 0.6 is 0 Å². The molecule has 0 saturated carbocycles. The van der Waals surface area contributed by atoms with E-state index in [1.807, 2.05) is 0 Å². The topological polar surface area (TPSA) is 95.2 Å². The first-order valence-corrected chi connectivity index (χ1v) is 6.78. The Morgan fingerprint density at radius 1 is 1.30 bits per heavy atom. The van der Waals surface area contributed by atoms with Crippen molar-refractivity contribution in [1.29, 1.82) is 0 Å². The maximum Gasteiger partial charge on any atom is 0.274 e. The zero-order valence-electron chi connectivity index (χ0n) is 11.0. The average molecular weight is 276 g/mol. The molecule has 3 rings (SSSR count). The summed E-state index contributed by atoms with van der Waals surface area (Å²) in [6, 6.07) is 2.92. The van der Waals surface area contributed by atoms with Crippen LogP contribution in [0.1, 0.15) is 29.8 Å². The largest absolute Gasteiger partial charge is 0.353 e. The zero-order chi connectivity index (χ0) is 14.1. The molecule has 1 aromatic heterocycles. The fraction of sp³-hybridized carbons (Fsp3) is 0.538. The van der Waals surface area contributed by atoms with E-state index >= 15 is 0 Å². The number of H-pyrrole nitrogens is 1. The first-order chi connectivity index (χ1) is 9.63. The Morgan fingerprint density at radius 2 is 2.15 bits per heavy atom. The minimum atomic E-state index is -0.324. The van der Waals surface area contributed by atoms with Crippen molar-refractivity contribution in [3.63, 3.8) is 0 Å². The molecule has 2 aliphatic heterocycles. The molecule has 2 aliphatic rings. The average Bonchev–Trinajstić information content (AvgIpc) is 2.47. The monoisotopic (exact) mass is 276 g/mol. The number of aromatic amines is 1. The summed E-state index contributed by atoms with van der Waals surface area (Å²) in [5, 5.41) is 9.03. The summed E-state index contributed by atoms with van der Waals surface area (Å²) >= 11 is 0. The van der Waals surface area contributed by atoms with Crippen LogP contribution in [-0.4, -0.2) is 46.0 Å². The second-order valence-electron chi connectivity index (χ2n) is 5.32. The lowest BCUT2D eigenvalue weighted by Crippen LogP contribution is -2.55. The van der Waals surface area contributed by atoms with Gasteiger partial charge >= 0.3 is 0 Å². The van der Waals surface area contributed by atoms with Gasteiger partial charge in [0.2, 0.25) is 5.91 Å². The van der Waals surface area contributed by atoms with Crippen LogP contribution in [0.2, 0.25) is 0 Å². The molecule has 0 bridgehead atoms. The number of carbonyl (C=O) groups is 2. The number of nitrogens with one attached hydrogen (secondary N) is 2. The van der Waals surface area contributed by atoms with Crippen LogP contribution < -0.4 is 10.9 Å². The Labute approximate surface area is 115 Å². The van der Waals surface area contributed by atoms with E-state index in [1.165, 1.54) is 12.1 Å². The SMILES string of the molecule is O=C1CCC2CN(C(=O)c3ccc(=O)[nH]n3)CCC2N1. The first-order valence-electron chi connectivity index (χ1n) is 6.78.